The van der Waals surface area contributed by atoms with E-state index in [4.69, 9.17) is 16.3 Å². The lowest BCUT2D eigenvalue weighted by atomic mass is 10.2. The Balaban J connectivity index is 2.04. The molecule has 0 unspecified atom stereocenters. The fraction of sp³-hybridized carbons (Fsp3) is 0.278. The Morgan fingerprint density at radius 1 is 1.31 bits per heavy atom. The van der Waals surface area contributed by atoms with Gasteiger partial charge in [0.05, 0.1) is 34.8 Å². The highest BCUT2D eigenvalue weighted by Crippen LogP contribution is 2.26. The Morgan fingerprint density at radius 2 is 2.04 bits per heavy atom. The molecule has 0 bridgehead atoms. The van der Waals surface area contributed by atoms with Crippen molar-refractivity contribution in [2.45, 2.75) is 20.8 Å². The van der Waals surface area contributed by atoms with Gasteiger partial charge in [-0.05, 0) is 32.9 Å². The van der Waals surface area contributed by atoms with Gasteiger partial charge in [-0.3, -0.25) is 19.6 Å². The standard InChI is InChI=1S/C18H20ClN5O2/c1-10-14(9-20-17-11(2)21-23(4)12(17)3)18(25)24(22-10)13-6-7-15(19)16(8-13)26-5/h6-9,22H,1-5H3. The summed E-state index contributed by atoms with van der Waals surface area (Å²) in [4.78, 5) is 17.3. The van der Waals surface area contributed by atoms with E-state index in [1.807, 2.05) is 27.8 Å². The van der Waals surface area contributed by atoms with Crippen molar-refractivity contribution in [3.8, 4) is 11.4 Å². The number of aromatic nitrogens is 4. The van der Waals surface area contributed by atoms with Crippen LogP contribution in [0.1, 0.15) is 22.6 Å². The largest absolute Gasteiger partial charge is 0.495 e. The molecule has 0 radical (unpaired) electrons. The molecule has 26 heavy (non-hydrogen) atoms. The summed E-state index contributed by atoms with van der Waals surface area (Å²) in [6, 6.07) is 5.14. The van der Waals surface area contributed by atoms with Gasteiger partial charge in [0, 0.05) is 25.0 Å². The molecule has 0 saturated heterocycles. The number of aryl methyl sites for hydroxylation is 3. The Hall–Kier alpha value is -2.80. The van der Waals surface area contributed by atoms with Crippen molar-refractivity contribution >= 4 is 23.5 Å². The number of nitrogens with zero attached hydrogens (tertiary/aromatic N) is 4. The van der Waals surface area contributed by atoms with Crippen molar-refractivity contribution < 1.29 is 4.74 Å². The minimum absolute atomic E-state index is 0.199. The van der Waals surface area contributed by atoms with Gasteiger partial charge < -0.3 is 4.74 Å². The first-order chi connectivity index (χ1) is 12.3. The highest BCUT2D eigenvalue weighted by molar-refractivity contribution is 6.32. The lowest BCUT2D eigenvalue weighted by Gasteiger charge is -2.06. The summed E-state index contributed by atoms with van der Waals surface area (Å²) in [5.41, 5.74) is 4.16. The lowest BCUT2D eigenvalue weighted by molar-refractivity contribution is 0.414. The van der Waals surface area contributed by atoms with E-state index in [2.05, 4.69) is 15.2 Å². The third kappa shape index (κ3) is 3.06. The van der Waals surface area contributed by atoms with E-state index in [0.29, 0.717) is 27.7 Å². The molecule has 2 aromatic heterocycles. The summed E-state index contributed by atoms with van der Waals surface area (Å²) in [5.74, 6) is 0.500. The van der Waals surface area contributed by atoms with Gasteiger partial charge in [0.2, 0.25) is 0 Å². The molecule has 3 aromatic rings. The summed E-state index contributed by atoms with van der Waals surface area (Å²) < 4.78 is 8.43. The number of hydrogen-bond donors (Lipinski definition) is 1. The molecule has 1 N–H and O–H groups in total. The third-order valence-electron chi connectivity index (χ3n) is 4.30. The maximum absolute atomic E-state index is 12.8. The predicted octanol–water partition coefficient (Wildman–Crippen LogP) is 3.24. The second-order valence-corrected chi connectivity index (χ2v) is 6.42. The van der Waals surface area contributed by atoms with Crippen LogP contribution in [-0.2, 0) is 7.05 Å². The molecule has 0 aliphatic rings. The van der Waals surface area contributed by atoms with Crippen molar-refractivity contribution in [1.82, 2.24) is 19.6 Å². The van der Waals surface area contributed by atoms with Crippen LogP contribution in [0.25, 0.3) is 5.69 Å². The molecule has 3 rings (SSSR count). The summed E-state index contributed by atoms with van der Waals surface area (Å²) in [5, 5.41) is 7.88. The van der Waals surface area contributed by atoms with Crippen molar-refractivity contribution in [3.63, 3.8) is 0 Å². The Kier molecular flexibility index (Phi) is 4.73. The van der Waals surface area contributed by atoms with E-state index in [9.17, 15) is 4.79 Å². The molecule has 136 valence electrons. The van der Waals surface area contributed by atoms with Crippen LogP contribution in [0.4, 0.5) is 5.69 Å². The number of halogens is 1. The van der Waals surface area contributed by atoms with Crippen LogP contribution in [0.15, 0.2) is 28.0 Å². The maximum atomic E-state index is 12.8. The number of H-pyrrole nitrogens is 1. The predicted molar refractivity (Wildman–Crippen MR) is 103 cm³/mol. The van der Waals surface area contributed by atoms with Crippen molar-refractivity contribution in [3.05, 3.63) is 56.2 Å². The van der Waals surface area contributed by atoms with Crippen LogP contribution in [0, 0.1) is 20.8 Å². The van der Waals surface area contributed by atoms with Crippen molar-refractivity contribution in [2.24, 2.45) is 12.0 Å². The Morgan fingerprint density at radius 3 is 2.65 bits per heavy atom. The fourth-order valence-electron chi connectivity index (χ4n) is 2.76. The van der Waals surface area contributed by atoms with E-state index in [1.165, 1.54) is 11.8 Å². The van der Waals surface area contributed by atoms with Gasteiger partial charge in [-0.1, -0.05) is 11.6 Å². The summed E-state index contributed by atoms with van der Waals surface area (Å²) in [6.45, 7) is 5.66. The first kappa shape index (κ1) is 18.0. The van der Waals surface area contributed by atoms with Crippen molar-refractivity contribution in [1.29, 1.82) is 0 Å². The minimum Gasteiger partial charge on any atom is -0.495 e. The quantitative estimate of drug-likeness (QED) is 0.713. The molecule has 0 spiro atoms. The number of ether oxygens (including phenoxy) is 1. The van der Waals surface area contributed by atoms with Crippen LogP contribution >= 0.6 is 11.6 Å². The van der Waals surface area contributed by atoms with E-state index in [-0.39, 0.29) is 5.56 Å². The second-order valence-electron chi connectivity index (χ2n) is 6.01. The first-order valence-corrected chi connectivity index (χ1v) is 8.41. The monoisotopic (exact) mass is 373 g/mol. The Bertz CT molecular complexity index is 1060. The topological polar surface area (TPSA) is 77.2 Å². The second kappa shape index (κ2) is 6.84. The zero-order valence-corrected chi connectivity index (χ0v) is 16.0. The number of methoxy groups -OCH3 is 1. The molecule has 0 saturated carbocycles. The zero-order chi connectivity index (χ0) is 19.0. The minimum atomic E-state index is -0.199. The summed E-state index contributed by atoms with van der Waals surface area (Å²) >= 11 is 6.06. The van der Waals surface area contributed by atoms with Crippen molar-refractivity contribution in [2.75, 3.05) is 7.11 Å². The van der Waals surface area contributed by atoms with Gasteiger partial charge in [0.25, 0.3) is 5.56 Å². The third-order valence-corrected chi connectivity index (χ3v) is 4.62. The molecular formula is C18H20ClN5O2. The Labute approximate surface area is 155 Å². The summed E-state index contributed by atoms with van der Waals surface area (Å²) in [6.07, 6.45) is 1.58. The number of rotatable bonds is 4. The molecule has 2 heterocycles. The average Bonchev–Trinajstić information content (AvgIpc) is 3.02. The van der Waals surface area contributed by atoms with Gasteiger partial charge >= 0.3 is 0 Å². The van der Waals surface area contributed by atoms with Gasteiger partial charge in [-0.25, -0.2) is 4.68 Å². The van der Waals surface area contributed by atoms with Crippen LogP contribution in [-0.4, -0.2) is 32.9 Å². The fourth-order valence-corrected chi connectivity index (χ4v) is 2.95. The number of hydrogen-bond acceptors (Lipinski definition) is 4. The molecule has 0 aliphatic heterocycles. The van der Waals surface area contributed by atoms with E-state index >= 15 is 0 Å². The molecule has 7 nitrogen and oxygen atoms in total. The summed E-state index contributed by atoms with van der Waals surface area (Å²) in [7, 11) is 3.40. The van der Waals surface area contributed by atoms with Crippen LogP contribution < -0.4 is 10.3 Å². The molecule has 0 amide bonds. The van der Waals surface area contributed by atoms with E-state index < -0.39 is 0 Å². The number of aromatic amines is 1. The maximum Gasteiger partial charge on any atom is 0.280 e. The number of benzene rings is 1. The van der Waals surface area contributed by atoms with Gasteiger partial charge in [0.1, 0.15) is 11.4 Å². The van der Waals surface area contributed by atoms with E-state index in [0.717, 1.165) is 17.1 Å². The molecule has 0 atom stereocenters. The van der Waals surface area contributed by atoms with Gasteiger partial charge in [-0.2, -0.15) is 5.10 Å². The number of aliphatic imine (C=N–C) groups is 1. The highest BCUT2D eigenvalue weighted by atomic mass is 35.5. The zero-order valence-electron chi connectivity index (χ0n) is 15.3. The highest BCUT2D eigenvalue weighted by Gasteiger charge is 2.13. The molecular weight excluding hydrogens is 354 g/mol. The van der Waals surface area contributed by atoms with Gasteiger partial charge in [-0.15, -0.1) is 0 Å². The smallest absolute Gasteiger partial charge is 0.280 e. The SMILES string of the molecule is COc1cc(-n2[nH]c(C)c(C=Nc3c(C)nn(C)c3C)c2=O)ccc1Cl. The van der Waals surface area contributed by atoms with Crippen LogP contribution in [0.2, 0.25) is 5.02 Å². The van der Waals surface area contributed by atoms with E-state index in [1.54, 1.807) is 29.1 Å². The lowest BCUT2D eigenvalue weighted by Crippen LogP contribution is -2.17. The normalized spacial score (nSPS) is 11.5. The first-order valence-electron chi connectivity index (χ1n) is 8.03. The van der Waals surface area contributed by atoms with Crippen LogP contribution in [0.3, 0.4) is 0 Å². The van der Waals surface area contributed by atoms with Gasteiger partial charge in [0.15, 0.2) is 0 Å². The molecule has 8 heteroatoms. The molecule has 1 aromatic carbocycles. The van der Waals surface area contributed by atoms with Crippen LogP contribution in [0.5, 0.6) is 5.75 Å². The molecule has 0 aliphatic carbocycles. The average molecular weight is 374 g/mol. The number of nitrogens with one attached hydrogen (secondary N) is 1. The molecule has 0 fully saturated rings.